The van der Waals surface area contributed by atoms with Crippen molar-refractivity contribution < 1.29 is 14.3 Å². The van der Waals surface area contributed by atoms with Crippen LogP contribution in [0.4, 0.5) is 0 Å². The lowest BCUT2D eigenvalue weighted by atomic mass is 9.82. The average molecular weight is 237 g/mol. The van der Waals surface area contributed by atoms with Crippen molar-refractivity contribution in [2.45, 2.75) is 38.1 Å². The van der Waals surface area contributed by atoms with E-state index in [1.54, 1.807) is 6.92 Å². The summed E-state index contributed by atoms with van der Waals surface area (Å²) >= 11 is 0. The zero-order valence-corrected chi connectivity index (χ0v) is 10.3. The van der Waals surface area contributed by atoms with E-state index in [2.05, 4.69) is 0 Å². The number of hydrogen-bond acceptors (Lipinski definition) is 4. The lowest BCUT2D eigenvalue weighted by Crippen LogP contribution is -2.63. The molecule has 0 saturated carbocycles. The van der Waals surface area contributed by atoms with E-state index in [-0.39, 0.29) is 11.8 Å². The molecule has 2 aliphatic heterocycles. The fourth-order valence-electron chi connectivity index (χ4n) is 2.73. The largest absolute Gasteiger partial charge is 0.464 e. The van der Waals surface area contributed by atoms with E-state index in [0.29, 0.717) is 19.4 Å². The highest BCUT2D eigenvalue weighted by Gasteiger charge is 2.52. The Balaban J connectivity index is 2.34. The number of carbonyl (C=O) groups excluding carboxylic acids is 2. The number of nitrogens with zero attached hydrogens (tertiary/aromatic N) is 1. The van der Waals surface area contributed by atoms with Crippen LogP contribution in [0.25, 0.3) is 0 Å². The molecule has 0 radical (unpaired) electrons. The molecule has 0 aromatic heterocycles. The number of esters is 1. The maximum Gasteiger partial charge on any atom is 0.334 e. The topological polar surface area (TPSA) is 46.6 Å². The van der Waals surface area contributed by atoms with Crippen LogP contribution in [0, 0.1) is 0 Å². The summed E-state index contributed by atoms with van der Waals surface area (Å²) < 4.78 is 5.13. The molecule has 0 aromatic carbocycles. The van der Waals surface area contributed by atoms with Gasteiger partial charge in [-0.25, -0.2) is 4.79 Å². The molecule has 0 aromatic rings. The Morgan fingerprint density at radius 3 is 3.06 bits per heavy atom. The van der Waals surface area contributed by atoms with Gasteiger partial charge in [0.05, 0.1) is 6.61 Å². The van der Waals surface area contributed by atoms with Gasteiger partial charge >= 0.3 is 5.97 Å². The van der Waals surface area contributed by atoms with Gasteiger partial charge < -0.3 is 4.74 Å². The summed E-state index contributed by atoms with van der Waals surface area (Å²) in [6, 6.07) is 0. The van der Waals surface area contributed by atoms with Crippen molar-refractivity contribution in [1.29, 1.82) is 0 Å². The van der Waals surface area contributed by atoms with Gasteiger partial charge in [0.2, 0.25) is 0 Å². The van der Waals surface area contributed by atoms with Gasteiger partial charge in [-0.05, 0) is 19.8 Å². The first-order chi connectivity index (χ1) is 8.21. The first kappa shape index (κ1) is 12.3. The maximum atomic E-state index is 12.2. The highest BCUT2D eigenvalue weighted by molar-refractivity contribution is 6.09. The summed E-state index contributed by atoms with van der Waals surface area (Å²) in [5.41, 5.74) is -1.03. The molecule has 1 saturated heterocycles. The number of piperidine rings is 1. The van der Waals surface area contributed by atoms with E-state index in [1.165, 1.54) is 0 Å². The van der Waals surface area contributed by atoms with Gasteiger partial charge in [-0.2, -0.15) is 0 Å². The molecule has 2 aliphatic rings. The molecule has 17 heavy (non-hydrogen) atoms. The van der Waals surface area contributed by atoms with Crippen molar-refractivity contribution in [1.82, 2.24) is 4.90 Å². The third-order valence-corrected chi connectivity index (χ3v) is 3.59. The van der Waals surface area contributed by atoms with E-state index in [4.69, 9.17) is 4.74 Å². The Morgan fingerprint density at radius 1 is 1.47 bits per heavy atom. The van der Waals surface area contributed by atoms with Crippen LogP contribution in [-0.4, -0.2) is 41.9 Å². The predicted octanol–water partition coefficient (Wildman–Crippen LogP) is 1.30. The second kappa shape index (κ2) is 5.00. The molecule has 0 aliphatic carbocycles. The van der Waals surface area contributed by atoms with Gasteiger partial charge in [-0.15, -0.1) is 0 Å². The number of hydrogen-bond donors (Lipinski definition) is 0. The van der Waals surface area contributed by atoms with Crippen LogP contribution in [0.5, 0.6) is 0 Å². The Bertz CT molecular complexity index is 351. The summed E-state index contributed by atoms with van der Waals surface area (Å²) in [6.45, 7) is 3.68. The van der Waals surface area contributed by atoms with E-state index in [1.807, 2.05) is 17.1 Å². The zero-order valence-electron chi connectivity index (χ0n) is 10.3. The molecular formula is C13H19NO3. The number of carbonyl (C=O) groups is 2. The average Bonchev–Trinajstić information content (AvgIpc) is 2.53. The maximum absolute atomic E-state index is 12.2. The number of rotatable bonds is 2. The summed E-state index contributed by atoms with van der Waals surface area (Å²) in [4.78, 5) is 26.5. The van der Waals surface area contributed by atoms with Crippen molar-refractivity contribution in [3.63, 3.8) is 0 Å². The minimum atomic E-state index is -1.03. The van der Waals surface area contributed by atoms with Crippen LogP contribution in [0.3, 0.4) is 0 Å². The molecule has 94 valence electrons. The lowest BCUT2D eigenvalue weighted by Gasteiger charge is -2.42. The third kappa shape index (κ3) is 2.02. The third-order valence-electron chi connectivity index (χ3n) is 3.59. The van der Waals surface area contributed by atoms with E-state index in [9.17, 15) is 9.59 Å². The summed E-state index contributed by atoms with van der Waals surface area (Å²) in [6.07, 6.45) is 6.69. The van der Waals surface area contributed by atoms with Gasteiger partial charge in [0.15, 0.2) is 11.3 Å². The molecule has 0 bridgehead atoms. The molecule has 4 heteroatoms. The SMILES string of the molecule is CCOC(=O)C12CC=CCCN1CCCC2=O. The fraction of sp³-hybridized carbons (Fsp3) is 0.692. The summed E-state index contributed by atoms with van der Waals surface area (Å²) in [5, 5.41) is 0. The highest BCUT2D eigenvalue weighted by atomic mass is 16.5. The quantitative estimate of drug-likeness (QED) is 0.412. The van der Waals surface area contributed by atoms with Gasteiger partial charge in [0.25, 0.3) is 0 Å². The van der Waals surface area contributed by atoms with E-state index < -0.39 is 5.54 Å². The van der Waals surface area contributed by atoms with Gasteiger partial charge in [-0.3, -0.25) is 9.69 Å². The second-order valence-electron chi connectivity index (χ2n) is 4.56. The van der Waals surface area contributed by atoms with Crippen LogP contribution >= 0.6 is 0 Å². The normalized spacial score (nSPS) is 29.6. The fourth-order valence-corrected chi connectivity index (χ4v) is 2.73. The molecule has 1 atom stereocenters. The van der Waals surface area contributed by atoms with Crippen LogP contribution in [-0.2, 0) is 14.3 Å². The summed E-state index contributed by atoms with van der Waals surface area (Å²) in [5.74, 6) is -0.343. The van der Waals surface area contributed by atoms with Crippen LogP contribution < -0.4 is 0 Å². The van der Waals surface area contributed by atoms with E-state index in [0.717, 1.165) is 25.9 Å². The monoisotopic (exact) mass is 237 g/mol. The Kier molecular flexibility index (Phi) is 3.62. The number of ketones is 1. The number of Topliss-reactive ketones (excluding diaryl/α,β-unsaturated/α-hetero) is 1. The van der Waals surface area contributed by atoms with Crippen molar-refractivity contribution in [3.05, 3.63) is 12.2 Å². The standard InChI is InChI=1S/C13H19NO3/c1-2-17-12(16)13-8-4-3-5-9-14(13)10-6-7-11(13)15/h3-4H,2,5-10H2,1H3. The Morgan fingerprint density at radius 2 is 2.29 bits per heavy atom. The van der Waals surface area contributed by atoms with Gasteiger partial charge in [-0.1, -0.05) is 12.2 Å². The molecule has 1 unspecified atom stereocenters. The minimum absolute atomic E-state index is 0.0220. The smallest absolute Gasteiger partial charge is 0.334 e. The molecule has 0 N–H and O–H groups in total. The molecule has 2 rings (SSSR count). The lowest BCUT2D eigenvalue weighted by molar-refractivity contribution is -0.165. The number of fused-ring (bicyclic) bond motifs is 1. The van der Waals surface area contributed by atoms with E-state index >= 15 is 0 Å². The molecule has 0 spiro atoms. The van der Waals surface area contributed by atoms with Crippen LogP contribution in [0.15, 0.2) is 12.2 Å². The molecule has 1 fully saturated rings. The van der Waals surface area contributed by atoms with Gasteiger partial charge in [0, 0.05) is 25.9 Å². The zero-order chi connectivity index (χ0) is 12.3. The van der Waals surface area contributed by atoms with Crippen LogP contribution in [0.2, 0.25) is 0 Å². The van der Waals surface area contributed by atoms with Crippen molar-refractivity contribution in [2.24, 2.45) is 0 Å². The number of ether oxygens (including phenoxy) is 1. The Labute approximate surface area is 102 Å². The van der Waals surface area contributed by atoms with Crippen LogP contribution in [0.1, 0.15) is 32.6 Å². The van der Waals surface area contributed by atoms with Gasteiger partial charge in [0.1, 0.15) is 0 Å². The van der Waals surface area contributed by atoms with Crippen molar-refractivity contribution in [3.8, 4) is 0 Å². The second-order valence-corrected chi connectivity index (χ2v) is 4.56. The minimum Gasteiger partial charge on any atom is -0.464 e. The highest BCUT2D eigenvalue weighted by Crippen LogP contribution is 2.32. The Hall–Kier alpha value is -1.16. The molecule has 4 nitrogen and oxygen atoms in total. The van der Waals surface area contributed by atoms with Crippen molar-refractivity contribution in [2.75, 3.05) is 19.7 Å². The predicted molar refractivity (Wildman–Crippen MR) is 63.6 cm³/mol. The first-order valence-electron chi connectivity index (χ1n) is 6.32. The molecular weight excluding hydrogens is 218 g/mol. The molecule has 0 amide bonds. The first-order valence-corrected chi connectivity index (χ1v) is 6.32. The molecule has 2 heterocycles. The summed E-state index contributed by atoms with van der Waals surface area (Å²) in [7, 11) is 0. The van der Waals surface area contributed by atoms with Crippen molar-refractivity contribution >= 4 is 11.8 Å².